The van der Waals surface area contributed by atoms with Gasteiger partial charge >= 0.3 is 0 Å². The molecular formula is C15H12N2O. The molecule has 1 aliphatic rings. The van der Waals surface area contributed by atoms with Gasteiger partial charge < -0.3 is 10.5 Å². The van der Waals surface area contributed by atoms with Crippen molar-refractivity contribution in [1.82, 2.24) is 0 Å². The molecule has 1 aliphatic heterocycles. The molecular weight excluding hydrogens is 224 g/mol. The minimum absolute atomic E-state index is 0.0247. The molecule has 0 saturated heterocycles. The molecule has 1 heterocycles. The lowest BCUT2D eigenvalue weighted by molar-refractivity contribution is 0.396. The lowest BCUT2D eigenvalue weighted by atomic mass is 9.89. The van der Waals surface area contributed by atoms with Crippen LogP contribution in [-0.2, 0) is 0 Å². The smallest absolute Gasteiger partial charge is 0.205 e. The Kier molecular flexibility index (Phi) is 2.24. The van der Waals surface area contributed by atoms with Gasteiger partial charge in [-0.3, -0.25) is 0 Å². The third-order valence-electron chi connectivity index (χ3n) is 3.41. The van der Waals surface area contributed by atoms with Crippen molar-refractivity contribution in [2.75, 3.05) is 0 Å². The molecule has 3 heteroatoms. The zero-order chi connectivity index (χ0) is 12.7. The molecule has 0 bridgehead atoms. The van der Waals surface area contributed by atoms with Gasteiger partial charge in [-0.25, -0.2) is 0 Å². The van der Waals surface area contributed by atoms with Crippen molar-refractivity contribution in [3.63, 3.8) is 0 Å². The first-order valence-electron chi connectivity index (χ1n) is 5.81. The Bertz CT molecular complexity index is 710. The summed E-state index contributed by atoms with van der Waals surface area (Å²) in [6.07, 6.45) is 0. The summed E-state index contributed by atoms with van der Waals surface area (Å²) in [6.45, 7) is 1.97. The average molecular weight is 236 g/mol. The molecule has 2 aromatic carbocycles. The average Bonchev–Trinajstić information content (AvgIpc) is 2.39. The first kappa shape index (κ1) is 10.7. The van der Waals surface area contributed by atoms with Crippen LogP contribution in [0.3, 0.4) is 0 Å². The maximum absolute atomic E-state index is 9.10. The lowest BCUT2D eigenvalue weighted by Gasteiger charge is -2.24. The molecule has 18 heavy (non-hydrogen) atoms. The second-order valence-corrected chi connectivity index (χ2v) is 4.42. The lowest BCUT2D eigenvalue weighted by Crippen LogP contribution is -2.18. The van der Waals surface area contributed by atoms with Crippen LogP contribution in [0.4, 0.5) is 0 Å². The van der Waals surface area contributed by atoms with Crippen LogP contribution < -0.4 is 10.5 Å². The van der Waals surface area contributed by atoms with E-state index >= 15 is 0 Å². The van der Waals surface area contributed by atoms with Crippen LogP contribution in [0.2, 0.25) is 0 Å². The van der Waals surface area contributed by atoms with Gasteiger partial charge in [0.15, 0.2) is 0 Å². The Balaban J connectivity index is 2.30. The van der Waals surface area contributed by atoms with Crippen molar-refractivity contribution in [2.24, 2.45) is 5.73 Å². The molecule has 0 saturated carbocycles. The summed E-state index contributed by atoms with van der Waals surface area (Å²) in [6, 6.07) is 14.2. The summed E-state index contributed by atoms with van der Waals surface area (Å²) in [7, 11) is 0. The van der Waals surface area contributed by atoms with Crippen LogP contribution in [0.1, 0.15) is 18.4 Å². The molecule has 0 aliphatic carbocycles. The van der Waals surface area contributed by atoms with Gasteiger partial charge in [-0.15, -0.1) is 0 Å². The second kappa shape index (κ2) is 3.78. The van der Waals surface area contributed by atoms with Gasteiger partial charge in [0.1, 0.15) is 11.8 Å². The highest BCUT2D eigenvalue weighted by Gasteiger charge is 2.26. The number of nitriles is 1. The minimum Gasteiger partial charge on any atom is -0.440 e. The van der Waals surface area contributed by atoms with Crippen molar-refractivity contribution in [1.29, 1.82) is 5.26 Å². The van der Waals surface area contributed by atoms with Gasteiger partial charge in [-0.05, 0) is 5.39 Å². The van der Waals surface area contributed by atoms with E-state index in [9.17, 15) is 0 Å². The van der Waals surface area contributed by atoms with E-state index in [0.29, 0.717) is 5.57 Å². The van der Waals surface area contributed by atoms with Crippen LogP contribution in [-0.4, -0.2) is 0 Å². The van der Waals surface area contributed by atoms with Crippen molar-refractivity contribution >= 4 is 10.8 Å². The van der Waals surface area contributed by atoms with Gasteiger partial charge in [0, 0.05) is 16.9 Å². The van der Waals surface area contributed by atoms with Crippen LogP contribution in [0, 0.1) is 11.3 Å². The summed E-state index contributed by atoms with van der Waals surface area (Å²) in [5.41, 5.74) is 7.33. The van der Waals surface area contributed by atoms with E-state index in [0.717, 1.165) is 22.1 Å². The monoisotopic (exact) mass is 236 g/mol. The Morgan fingerprint density at radius 2 is 2.00 bits per heavy atom. The number of nitrogens with zero attached hydrogens (tertiary/aromatic N) is 1. The molecule has 3 rings (SSSR count). The van der Waals surface area contributed by atoms with Gasteiger partial charge in [0.25, 0.3) is 0 Å². The normalized spacial score (nSPS) is 18.1. The predicted octanol–water partition coefficient (Wildman–Crippen LogP) is 3.03. The third-order valence-corrected chi connectivity index (χ3v) is 3.41. The fraction of sp³-hybridized carbons (Fsp3) is 0.133. The molecule has 2 aromatic rings. The fourth-order valence-electron chi connectivity index (χ4n) is 2.40. The molecule has 2 N–H and O–H groups in total. The Labute approximate surface area is 105 Å². The number of rotatable bonds is 0. The number of nitrogens with two attached hydrogens (primary N) is 1. The quantitative estimate of drug-likeness (QED) is 0.764. The van der Waals surface area contributed by atoms with E-state index in [-0.39, 0.29) is 11.8 Å². The van der Waals surface area contributed by atoms with Crippen molar-refractivity contribution in [3.8, 4) is 11.8 Å². The molecule has 0 amide bonds. The molecule has 0 unspecified atom stereocenters. The van der Waals surface area contributed by atoms with Crippen molar-refractivity contribution in [3.05, 3.63) is 53.4 Å². The minimum atomic E-state index is -0.0247. The standard InChI is InChI=1S/C15H12N2O/c1-9-11-7-6-10-4-2-3-5-12(10)14(11)18-15(17)13(9)8-16/h2-7,9H,17H2,1H3/t9-/m0/s1. The predicted molar refractivity (Wildman–Crippen MR) is 69.8 cm³/mol. The molecule has 0 radical (unpaired) electrons. The number of allylic oxidation sites excluding steroid dienone is 1. The van der Waals surface area contributed by atoms with Crippen molar-refractivity contribution < 1.29 is 4.74 Å². The van der Waals surface area contributed by atoms with Crippen molar-refractivity contribution in [2.45, 2.75) is 12.8 Å². The second-order valence-electron chi connectivity index (χ2n) is 4.42. The number of benzene rings is 2. The SMILES string of the molecule is C[C@@H]1C(C#N)=C(N)Oc2c1ccc1ccccc21. The summed E-state index contributed by atoms with van der Waals surface area (Å²) in [4.78, 5) is 0. The first-order valence-corrected chi connectivity index (χ1v) is 5.81. The first-order chi connectivity index (χ1) is 8.72. The van der Waals surface area contributed by atoms with E-state index in [1.54, 1.807) is 0 Å². The number of hydrogen-bond acceptors (Lipinski definition) is 3. The maximum atomic E-state index is 9.10. The Morgan fingerprint density at radius 1 is 1.22 bits per heavy atom. The van der Waals surface area contributed by atoms with Crippen LogP contribution >= 0.6 is 0 Å². The highest BCUT2D eigenvalue weighted by molar-refractivity contribution is 5.90. The summed E-state index contributed by atoms with van der Waals surface area (Å²) in [5, 5.41) is 11.2. The largest absolute Gasteiger partial charge is 0.440 e. The van der Waals surface area contributed by atoms with E-state index in [1.807, 2.05) is 43.3 Å². The zero-order valence-corrected chi connectivity index (χ0v) is 9.97. The zero-order valence-electron chi connectivity index (χ0n) is 9.97. The molecule has 88 valence electrons. The van der Waals surface area contributed by atoms with Gasteiger partial charge in [0.2, 0.25) is 5.88 Å². The Morgan fingerprint density at radius 3 is 2.78 bits per heavy atom. The number of ether oxygens (including phenoxy) is 1. The molecule has 0 aromatic heterocycles. The van der Waals surface area contributed by atoms with E-state index < -0.39 is 0 Å². The molecule has 1 atom stereocenters. The van der Waals surface area contributed by atoms with E-state index in [4.69, 9.17) is 15.7 Å². The molecule has 3 nitrogen and oxygen atoms in total. The number of fused-ring (bicyclic) bond motifs is 3. The summed E-state index contributed by atoms with van der Waals surface area (Å²) >= 11 is 0. The highest BCUT2D eigenvalue weighted by atomic mass is 16.5. The summed E-state index contributed by atoms with van der Waals surface area (Å²) < 4.78 is 5.65. The third kappa shape index (κ3) is 1.36. The van der Waals surface area contributed by atoms with Crippen LogP contribution in [0.5, 0.6) is 5.75 Å². The van der Waals surface area contributed by atoms with Gasteiger partial charge in [0.05, 0.1) is 5.57 Å². The maximum Gasteiger partial charge on any atom is 0.205 e. The van der Waals surface area contributed by atoms with Gasteiger partial charge in [-0.2, -0.15) is 5.26 Å². The van der Waals surface area contributed by atoms with E-state index in [2.05, 4.69) is 6.07 Å². The summed E-state index contributed by atoms with van der Waals surface area (Å²) in [5.74, 6) is 0.967. The topological polar surface area (TPSA) is 59.0 Å². The van der Waals surface area contributed by atoms with Crippen LogP contribution in [0.25, 0.3) is 10.8 Å². The fourth-order valence-corrected chi connectivity index (χ4v) is 2.40. The van der Waals surface area contributed by atoms with Crippen LogP contribution in [0.15, 0.2) is 47.9 Å². The molecule has 0 spiro atoms. The van der Waals surface area contributed by atoms with E-state index in [1.165, 1.54) is 0 Å². The Hall–Kier alpha value is -2.47. The molecule has 0 fully saturated rings. The highest BCUT2D eigenvalue weighted by Crippen LogP contribution is 2.41. The number of hydrogen-bond donors (Lipinski definition) is 1. The van der Waals surface area contributed by atoms with Gasteiger partial charge in [-0.1, -0.05) is 43.3 Å².